The van der Waals surface area contributed by atoms with Crippen molar-refractivity contribution >= 4 is 11.5 Å². The number of aromatic nitrogens is 6. The van der Waals surface area contributed by atoms with Gasteiger partial charge in [0.2, 0.25) is 5.82 Å². The monoisotopic (exact) mass is 402 g/mol. The van der Waals surface area contributed by atoms with E-state index in [-0.39, 0.29) is 24.0 Å². The first-order chi connectivity index (χ1) is 14.7. The summed E-state index contributed by atoms with van der Waals surface area (Å²) in [6.07, 6.45) is 6.23. The van der Waals surface area contributed by atoms with Gasteiger partial charge in [-0.15, -0.1) is 10.2 Å². The number of allylic oxidation sites excluding steroid dienone is 1. The Morgan fingerprint density at radius 3 is 2.70 bits per heavy atom. The number of ketones is 1. The van der Waals surface area contributed by atoms with Crippen molar-refractivity contribution in [3.05, 3.63) is 95.8 Å². The van der Waals surface area contributed by atoms with Crippen molar-refractivity contribution in [2.45, 2.75) is 13.2 Å². The molecule has 4 aromatic rings. The van der Waals surface area contributed by atoms with E-state index in [9.17, 15) is 9.90 Å². The Labute approximate surface area is 171 Å². The molecule has 0 saturated heterocycles. The van der Waals surface area contributed by atoms with Crippen molar-refractivity contribution in [1.82, 2.24) is 30.2 Å². The number of aliphatic hydroxyl groups is 1. The summed E-state index contributed by atoms with van der Waals surface area (Å²) in [7, 11) is 0. The summed E-state index contributed by atoms with van der Waals surface area (Å²) in [5.74, 6) is -0.0617. The standard InChI is InChI=1S/C21H18N6O3/c28-19(11-20(29)21-23-25-26-24-21)16-10-17(14-30-18-4-2-1-3-5-18)27(13-16)12-15-6-8-22-9-7-15/h1-11,13,29H,12,14H2,(H,23,24,25,26). The summed E-state index contributed by atoms with van der Waals surface area (Å²) >= 11 is 0. The molecule has 2 N–H and O–H groups in total. The highest BCUT2D eigenvalue weighted by Crippen LogP contribution is 2.17. The zero-order valence-corrected chi connectivity index (χ0v) is 15.8. The Morgan fingerprint density at radius 2 is 1.97 bits per heavy atom. The summed E-state index contributed by atoms with van der Waals surface area (Å²) in [6.45, 7) is 0.826. The molecular weight excluding hydrogens is 384 g/mol. The second-order valence-corrected chi connectivity index (χ2v) is 6.43. The predicted molar refractivity (Wildman–Crippen MR) is 108 cm³/mol. The molecule has 9 nitrogen and oxygen atoms in total. The highest BCUT2D eigenvalue weighted by molar-refractivity contribution is 6.07. The molecular formula is C21H18N6O3. The number of H-pyrrole nitrogens is 1. The van der Waals surface area contributed by atoms with E-state index in [4.69, 9.17) is 4.74 Å². The smallest absolute Gasteiger partial charge is 0.239 e. The third-order valence-electron chi connectivity index (χ3n) is 4.34. The normalized spacial score (nSPS) is 11.4. The van der Waals surface area contributed by atoms with E-state index in [0.29, 0.717) is 12.1 Å². The molecule has 0 unspecified atom stereocenters. The Morgan fingerprint density at radius 1 is 1.17 bits per heavy atom. The van der Waals surface area contributed by atoms with Gasteiger partial charge in [0.25, 0.3) is 0 Å². The van der Waals surface area contributed by atoms with Gasteiger partial charge in [-0.2, -0.15) is 5.21 Å². The van der Waals surface area contributed by atoms with Gasteiger partial charge < -0.3 is 14.4 Å². The number of benzene rings is 1. The van der Waals surface area contributed by atoms with Gasteiger partial charge >= 0.3 is 0 Å². The quantitative estimate of drug-likeness (QED) is 0.264. The topological polar surface area (TPSA) is 119 Å². The van der Waals surface area contributed by atoms with Crippen LogP contribution in [0.3, 0.4) is 0 Å². The second kappa shape index (κ2) is 8.82. The van der Waals surface area contributed by atoms with Crippen molar-refractivity contribution in [1.29, 1.82) is 0 Å². The van der Waals surface area contributed by atoms with Gasteiger partial charge in [-0.3, -0.25) is 9.78 Å². The first-order valence-corrected chi connectivity index (χ1v) is 9.13. The number of rotatable bonds is 8. The van der Waals surface area contributed by atoms with Crippen LogP contribution in [0, 0.1) is 0 Å². The maximum absolute atomic E-state index is 12.7. The lowest BCUT2D eigenvalue weighted by molar-refractivity contribution is 0.104. The lowest BCUT2D eigenvalue weighted by Crippen LogP contribution is -2.06. The lowest BCUT2D eigenvalue weighted by atomic mass is 10.2. The summed E-state index contributed by atoms with van der Waals surface area (Å²) in [5, 5.41) is 22.9. The third-order valence-corrected chi connectivity index (χ3v) is 4.34. The molecule has 3 aromatic heterocycles. The molecule has 0 aliphatic carbocycles. The molecule has 3 heterocycles. The van der Waals surface area contributed by atoms with E-state index in [2.05, 4.69) is 25.6 Å². The van der Waals surface area contributed by atoms with Crippen LogP contribution in [0.25, 0.3) is 5.76 Å². The van der Waals surface area contributed by atoms with Crippen molar-refractivity contribution in [2.24, 2.45) is 0 Å². The number of ether oxygens (including phenoxy) is 1. The van der Waals surface area contributed by atoms with Gasteiger partial charge in [-0.05, 0) is 41.1 Å². The Balaban J connectivity index is 1.59. The minimum absolute atomic E-state index is 0.0489. The van der Waals surface area contributed by atoms with Crippen LogP contribution in [0.5, 0.6) is 5.75 Å². The van der Waals surface area contributed by atoms with Crippen LogP contribution in [0.15, 0.2) is 73.2 Å². The molecule has 0 aliphatic rings. The average molecular weight is 402 g/mol. The largest absolute Gasteiger partial charge is 0.504 e. The number of nitrogens with zero attached hydrogens (tertiary/aromatic N) is 5. The molecule has 0 radical (unpaired) electrons. The summed E-state index contributed by atoms with van der Waals surface area (Å²) in [5.41, 5.74) is 2.25. The fourth-order valence-electron chi connectivity index (χ4n) is 2.86. The van der Waals surface area contributed by atoms with Crippen LogP contribution in [0.1, 0.15) is 27.4 Å². The third kappa shape index (κ3) is 4.58. The van der Waals surface area contributed by atoms with Crippen LogP contribution in [0.2, 0.25) is 0 Å². The minimum Gasteiger partial charge on any atom is -0.504 e. The number of para-hydroxylation sites is 1. The zero-order chi connectivity index (χ0) is 20.8. The molecule has 0 spiro atoms. The molecule has 150 valence electrons. The summed E-state index contributed by atoms with van der Waals surface area (Å²) in [6, 6.07) is 15.0. The van der Waals surface area contributed by atoms with Crippen molar-refractivity contribution < 1.29 is 14.6 Å². The number of pyridine rings is 1. The van der Waals surface area contributed by atoms with Gasteiger partial charge in [0, 0.05) is 36.8 Å². The molecule has 0 fully saturated rings. The molecule has 0 atom stereocenters. The number of carbonyl (C=O) groups is 1. The Hall–Kier alpha value is -4.27. The predicted octanol–water partition coefficient (Wildman–Crippen LogP) is 2.81. The molecule has 0 amide bonds. The van der Waals surface area contributed by atoms with Gasteiger partial charge in [0.1, 0.15) is 12.4 Å². The van der Waals surface area contributed by atoms with E-state index in [1.54, 1.807) is 24.7 Å². The van der Waals surface area contributed by atoms with E-state index in [1.807, 2.05) is 47.0 Å². The number of tetrazole rings is 1. The second-order valence-electron chi connectivity index (χ2n) is 6.43. The van der Waals surface area contributed by atoms with Gasteiger partial charge in [-0.1, -0.05) is 18.2 Å². The molecule has 4 rings (SSSR count). The summed E-state index contributed by atoms with van der Waals surface area (Å²) in [4.78, 5) is 16.7. The van der Waals surface area contributed by atoms with Crippen LogP contribution < -0.4 is 4.74 Å². The van der Waals surface area contributed by atoms with Crippen LogP contribution >= 0.6 is 0 Å². The van der Waals surface area contributed by atoms with Gasteiger partial charge in [0.15, 0.2) is 11.5 Å². The molecule has 1 aromatic carbocycles. The molecule has 0 saturated carbocycles. The lowest BCUT2D eigenvalue weighted by Gasteiger charge is -2.10. The van der Waals surface area contributed by atoms with Gasteiger partial charge in [0.05, 0.1) is 5.69 Å². The first kappa shape index (κ1) is 19.1. The molecule has 30 heavy (non-hydrogen) atoms. The minimum atomic E-state index is -0.383. The van der Waals surface area contributed by atoms with Crippen molar-refractivity contribution in [3.8, 4) is 5.75 Å². The van der Waals surface area contributed by atoms with Gasteiger partial charge in [-0.25, -0.2) is 0 Å². The average Bonchev–Trinajstić information content (AvgIpc) is 3.44. The van der Waals surface area contributed by atoms with Crippen molar-refractivity contribution in [2.75, 3.05) is 0 Å². The van der Waals surface area contributed by atoms with Crippen LogP contribution in [-0.4, -0.2) is 41.1 Å². The molecule has 0 aliphatic heterocycles. The molecule has 0 bridgehead atoms. The van der Waals surface area contributed by atoms with E-state index < -0.39 is 0 Å². The van der Waals surface area contributed by atoms with Crippen LogP contribution in [-0.2, 0) is 13.2 Å². The van der Waals surface area contributed by atoms with E-state index in [0.717, 1.165) is 23.1 Å². The maximum Gasteiger partial charge on any atom is 0.239 e. The summed E-state index contributed by atoms with van der Waals surface area (Å²) < 4.78 is 7.80. The fraction of sp³-hybridized carbons (Fsp3) is 0.0952. The van der Waals surface area contributed by atoms with E-state index >= 15 is 0 Å². The number of hydrogen-bond acceptors (Lipinski definition) is 7. The fourth-order valence-corrected chi connectivity index (χ4v) is 2.86. The number of hydrogen-bond donors (Lipinski definition) is 2. The number of nitrogens with one attached hydrogen (secondary N) is 1. The van der Waals surface area contributed by atoms with Crippen LogP contribution in [0.4, 0.5) is 0 Å². The highest BCUT2D eigenvalue weighted by Gasteiger charge is 2.14. The highest BCUT2D eigenvalue weighted by atomic mass is 16.5. The van der Waals surface area contributed by atoms with E-state index in [1.165, 1.54) is 0 Å². The van der Waals surface area contributed by atoms with Crippen molar-refractivity contribution in [3.63, 3.8) is 0 Å². The Kier molecular flexibility index (Phi) is 5.61. The molecule has 9 heteroatoms. The number of aromatic amines is 1. The Bertz CT molecular complexity index is 1140. The first-order valence-electron chi connectivity index (χ1n) is 9.13. The zero-order valence-electron chi connectivity index (χ0n) is 15.8. The number of aliphatic hydroxyl groups excluding tert-OH is 1. The maximum atomic E-state index is 12.7. The number of carbonyl (C=O) groups excluding carboxylic acids is 1. The SMILES string of the molecule is O=C(C=C(O)c1nn[nH]n1)c1cc(COc2ccccc2)n(Cc2ccncc2)c1.